The van der Waals surface area contributed by atoms with E-state index in [0.717, 1.165) is 0 Å². The molecule has 2 rings (SSSR count). The van der Waals surface area contributed by atoms with Gasteiger partial charge >= 0.3 is 0 Å². The third-order valence-corrected chi connectivity index (χ3v) is 1.02. The van der Waals surface area contributed by atoms with E-state index in [2.05, 4.69) is 19.9 Å². The van der Waals surface area contributed by atoms with E-state index in [4.69, 9.17) is 4.84 Å². The highest BCUT2D eigenvalue weighted by Crippen LogP contribution is 2.11. The second-order valence-electron chi connectivity index (χ2n) is 1.64. The molecule has 0 N–H and O–H groups in total. The van der Waals surface area contributed by atoms with Crippen molar-refractivity contribution >= 4 is 12.2 Å². The van der Waals surface area contributed by atoms with Gasteiger partial charge in [0.2, 0.25) is 0 Å². The van der Waals surface area contributed by atoms with Crippen molar-refractivity contribution in [1.82, 2.24) is 10.4 Å². The first-order valence-electron chi connectivity index (χ1n) is 2.66. The number of aliphatic imine (C=N–C) groups is 1. The number of hydroxylamine groups is 1. The summed E-state index contributed by atoms with van der Waals surface area (Å²) < 4.78 is 4.67. The molecule has 0 radical (unpaired) electrons. The molecular formula is C4H4N4O2. The Morgan fingerprint density at radius 1 is 1.60 bits per heavy atom. The van der Waals surface area contributed by atoms with Crippen LogP contribution >= 0.6 is 0 Å². The van der Waals surface area contributed by atoms with Gasteiger partial charge < -0.3 is 4.52 Å². The second kappa shape index (κ2) is 2.07. The van der Waals surface area contributed by atoms with Crippen LogP contribution in [-0.2, 0) is 4.84 Å². The SMILES string of the molecule is C1=NCON1c1cnno1. The zero-order chi connectivity index (χ0) is 6.81. The molecule has 0 atom stereocenters. The van der Waals surface area contributed by atoms with Crippen LogP contribution in [0.2, 0.25) is 0 Å². The minimum absolute atomic E-state index is 0.320. The quantitative estimate of drug-likeness (QED) is 0.540. The van der Waals surface area contributed by atoms with E-state index >= 15 is 0 Å². The van der Waals surface area contributed by atoms with Crippen molar-refractivity contribution in [1.29, 1.82) is 0 Å². The lowest BCUT2D eigenvalue weighted by Gasteiger charge is -2.04. The first-order chi connectivity index (χ1) is 4.97. The molecule has 0 bridgehead atoms. The lowest BCUT2D eigenvalue weighted by Crippen LogP contribution is -2.14. The number of nitrogens with zero attached hydrogens (tertiary/aromatic N) is 4. The van der Waals surface area contributed by atoms with E-state index in [0.29, 0.717) is 12.6 Å². The number of rotatable bonds is 1. The first kappa shape index (κ1) is 5.36. The van der Waals surface area contributed by atoms with Crippen LogP contribution in [0.15, 0.2) is 15.7 Å². The zero-order valence-electron chi connectivity index (χ0n) is 4.97. The van der Waals surface area contributed by atoms with Crippen LogP contribution < -0.4 is 5.06 Å². The fraction of sp³-hybridized carbons (Fsp3) is 0.250. The lowest BCUT2D eigenvalue weighted by molar-refractivity contribution is 0.159. The maximum absolute atomic E-state index is 4.93. The Morgan fingerprint density at radius 3 is 3.20 bits per heavy atom. The van der Waals surface area contributed by atoms with Crippen LogP contribution in [0.4, 0.5) is 5.88 Å². The fourth-order valence-electron chi connectivity index (χ4n) is 0.616. The highest BCUT2D eigenvalue weighted by Gasteiger charge is 2.12. The Morgan fingerprint density at radius 2 is 2.60 bits per heavy atom. The van der Waals surface area contributed by atoms with Gasteiger partial charge in [-0.2, -0.15) is 5.06 Å². The summed E-state index contributed by atoms with van der Waals surface area (Å²) in [6, 6.07) is 0. The fourth-order valence-corrected chi connectivity index (χ4v) is 0.616. The molecule has 2 heterocycles. The number of hydrogen-bond donors (Lipinski definition) is 0. The van der Waals surface area contributed by atoms with Crippen molar-refractivity contribution in [2.75, 3.05) is 11.8 Å². The number of anilines is 1. The molecule has 0 fully saturated rings. The summed E-state index contributed by atoms with van der Waals surface area (Å²) in [6.45, 7) is 0.320. The predicted molar refractivity (Wildman–Crippen MR) is 31.2 cm³/mol. The van der Waals surface area contributed by atoms with Gasteiger partial charge in [0.15, 0.2) is 6.73 Å². The van der Waals surface area contributed by atoms with E-state index in [1.165, 1.54) is 17.6 Å². The molecule has 1 aromatic rings. The molecule has 10 heavy (non-hydrogen) atoms. The van der Waals surface area contributed by atoms with Gasteiger partial charge in [0.25, 0.3) is 5.88 Å². The minimum Gasteiger partial charge on any atom is -0.316 e. The van der Waals surface area contributed by atoms with Gasteiger partial charge in [0.05, 0.1) is 0 Å². The molecule has 1 aliphatic heterocycles. The van der Waals surface area contributed by atoms with Crippen LogP contribution in [-0.4, -0.2) is 23.4 Å². The molecule has 0 saturated heterocycles. The average Bonchev–Trinajstić information content (AvgIpc) is 2.59. The Labute approximate surface area is 56.0 Å². The molecule has 6 nitrogen and oxygen atoms in total. The van der Waals surface area contributed by atoms with Crippen LogP contribution in [0.3, 0.4) is 0 Å². The Hall–Kier alpha value is -1.43. The molecule has 0 spiro atoms. The topological polar surface area (TPSA) is 63.8 Å². The number of hydrogen-bond acceptors (Lipinski definition) is 6. The van der Waals surface area contributed by atoms with Gasteiger partial charge in [0, 0.05) is 5.27 Å². The van der Waals surface area contributed by atoms with Crippen molar-refractivity contribution < 1.29 is 9.36 Å². The molecule has 0 aliphatic carbocycles. The summed E-state index contributed by atoms with van der Waals surface area (Å²) in [7, 11) is 0. The van der Waals surface area contributed by atoms with Crippen molar-refractivity contribution in [3.05, 3.63) is 6.20 Å². The molecule has 1 aliphatic rings. The molecule has 6 heteroatoms. The third kappa shape index (κ3) is 0.742. The highest BCUT2D eigenvalue weighted by atomic mass is 16.7. The largest absolute Gasteiger partial charge is 0.316 e. The first-order valence-corrected chi connectivity index (χ1v) is 2.66. The predicted octanol–water partition coefficient (Wildman–Crippen LogP) is -0.193. The van der Waals surface area contributed by atoms with Gasteiger partial charge in [-0.3, -0.25) is 0 Å². The van der Waals surface area contributed by atoms with Gasteiger partial charge in [-0.05, 0) is 0 Å². The summed E-state index contributed by atoms with van der Waals surface area (Å²) in [5.74, 6) is 0.432. The summed E-state index contributed by atoms with van der Waals surface area (Å²) in [5.41, 5.74) is 0. The Balaban J connectivity index is 2.20. The van der Waals surface area contributed by atoms with Gasteiger partial charge in [-0.1, -0.05) is 0 Å². The minimum atomic E-state index is 0.320. The van der Waals surface area contributed by atoms with E-state index in [1.54, 1.807) is 0 Å². The molecule has 52 valence electrons. The van der Waals surface area contributed by atoms with Gasteiger partial charge in [0.1, 0.15) is 12.5 Å². The molecular weight excluding hydrogens is 136 g/mol. The normalized spacial score (nSPS) is 16.6. The Bertz CT molecular complexity index is 231. The van der Waals surface area contributed by atoms with Crippen molar-refractivity contribution in [2.45, 2.75) is 0 Å². The smallest absolute Gasteiger partial charge is 0.277 e. The maximum atomic E-state index is 4.93. The van der Waals surface area contributed by atoms with E-state index in [-0.39, 0.29) is 0 Å². The maximum Gasteiger partial charge on any atom is 0.277 e. The van der Waals surface area contributed by atoms with E-state index < -0.39 is 0 Å². The van der Waals surface area contributed by atoms with Crippen LogP contribution in [0, 0.1) is 0 Å². The van der Waals surface area contributed by atoms with Crippen molar-refractivity contribution in [3.8, 4) is 0 Å². The summed E-state index contributed by atoms with van der Waals surface area (Å²) in [5, 5.41) is 8.09. The van der Waals surface area contributed by atoms with Crippen molar-refractivity contribution in [3.63, 3.8) is 0 Å². The summed E-state index contributed by atoms with van der Waals surface area (Å²) in [6.07, 6.45) is 2.94. The lowest BCUT2D eigenvalue weighted by atomic mass is 10.8. The third-order valence-electron chi connectivity index (χ3n) is 1.02. The standard InChI is InChI=1S/C4H4N4O2/c1-4(10-7-6-1)8-2-5-3-9-8/h1-2H,3H2. The van der Waals surface area contributed by atoms with Gasteiger partial charge in [-0.15, -0.1) is 5.10 Å². The monoisotopic (exact) mass is 140 g/mol. The summed E-state index contributed by atoms with van der Waals surface area (Å²) >= 11 is 0. The Kier molecular flexibility index (Phi) is 1.11. The molecule has 0 amide bonds. The highest BCUT2D eigenvalue weighted by molar-refractivity contribution is 5.74. The zero-order valence-corrected chi connectivity index (χ0v) is 4.97. The van der Waals surface area contributed by atoms with E-state index in [1.807, 2.05) is 0 Å². The van der Waals surface area contributed by atoms with Crippen LogP contribution in [0.1, 0.15) is 0 Å². The van der Waals surface area contributed by atoms with Gasteiger partial charge in [-0.25, -0.2) is 9.83 Å². The van der Waals surface area contributed by atoms with Crippen LogP contribution in [0.25, 0.3) is 0 Å². The summed E-state index contributed by atoms with van der Waals surface area (Å²) in [4.78, 5) is 8.72. The average molecular weight is 140 g/mol. The van der Waals surface area contributed by atoms with E-state index in [9.17, 15) is 0 Å². The molecule has 0 aromatic carbocycles. The number of aromatic nitrogens is 2. The second-order valence-corrected chi connectivity index (χ2v) is 1.64. The molecule has 1 aromatic heterocycles. The molecule has 0 saturated carbocycles. The molecule has 0 unspecified atom stereocenters. The van der Waals surface area contributed by atoms with Crippen LogP contribution in [0.5, 0.6) is 0 Å². The van der Waals surface area contributed by atoms with Crippen molar-refractivity contribution in [2.24, 2.45) is 4.99 Å².